The van der Waals surface area contributed by atoms with E-state index in [0.29, 0.717) is 49.2 Å². The van der Waals surface area contributed by atoms with Gasteiger partial charge in [0.05, 0.1) is 17.7 Å². The molecule has 0 unspecified atom stereocenters. The third-order valence-electron chi connectivity index (χ3n) is 5.99. The van der Waals surface area contributed by atoms with Crippen LogP contribution in [-0.4, -0.2) is 24.2 Å². The van der Waals surface area contributed by atoms with Gasteiger partial charge in [-0.25, -0.2) is 4.39 Å². The van der Waals surface area contributed by atoms with E-state index in [-0.39, 0.29) is 24.2 Å². The Morgan fingerprint density at radius 1 is 1.06 bits per heavy atom. The van der Waals surface area contributed by atoms with Crippen LogP contribution in [0.5, 0.6) is 17.2 Å². The minimum Gasteiger partial charge on any atom is -0.478 e. The van der Waals surface area contributed by atoms with E-state index in [1.165, 1.54) is 12.1 Å². The molecule has 3 aliphatic rings. The van der Waals surface area contributed by atoms with Crippen LogP contribution in [-0.2, 0) is 24.4 Å². The molecule has 0 aromatic heterocycles. The molecule has 3 aromatic rings. The van der Waals surface area contributed by atoms with E-state index in [0.717, 1.165) is 26.7 Å². The summed E-state index contributed by atoms with van der Waals surface area (Å²) in [6.45, 7) is 2.12. The molecule has 0 bridgehead atoms. The molecule has 0 amide bonds. The molecule has 34 heavy (non-hydrogen) atoms. The Bertz CT molecular complexity index is 1340. The fourth-order valence-corrected chi connectivity index (χ4v) is 4.93. The Kier molecular flexibility index (Phi) is 5.36. The zero-order valence-corrected chi connectivity index (χ0v) is 19.6. The number of ether oxygens (including phenoxy) is 4. The number of carbonyl (C=O) groups excluding carboxylic acids is 1. The Morgan fingerprint density at radius 2 is 1.91 bits per heavy atom. The molecule has 6 rings (SSSR count). The number of Topliss-reactive ketones (excluding diaryl/α,β-unsaturated/α-hetero) is 1. The third kappa shape index (κ3) is 3.87. The lowest BCUT2D eigenvalue weighted by Gasteiger charge is -2.29. The van der Waals surface area contributed by atoms with Crippen molar-refractivity contribution in [3.05, 3.63) is 92.4 Å². The topological polar surface area (TPSA) is 57.2 Å². The van der Waals surface area contributed by atoms with Gasteiger partial charge in [0, 0.05) is 28.7 Å². The van der Waals surface area contributed by atoms with Gasteiger partial charge in [-0.05, 0) is 48.0 Å². The fraction of sp³-hybridized carbons (Fsp3) is 0.192. The summed E-state index contributed by atoms with van der Waals surface area (Å²) in [4.78, 5) is 15.3. The molecule has 3 aliphatic heterocycles. The first-order valence-electron chi connectivity index (χ1n) is 10.8. The van der Waals surface area contributed by atoms with Gasteiger partial charge in [-0.3, -0.25) is 9.69 Å². The molecule has 8 heteroatoms. The lowest BCUT2D eigenvalue weighted by atomic mass is 10.0. The summed E-state index contributed by atoms with van der Waals surface area (Å²) in [5.41, 5.74) is 3.94. The second-order valence-corrected chi connectivity index (χ2v) is 9.26. The van der Waals surface area contributed by atoms with E-state index in [1.807, 2.05) is 18.2 Å². The van der Waals surface area contributed by atoms with E-state index >= 15 is 0 Å². The molecule has 3 heterocycles. The van der Waals surface area contributed by atoms with Gasteiger partial charge in [-0.15, -0.1) is 0 Å². The van der Waals surface area contributed by atoms with Crippen LogP contribution < -0.4 is 14.2 Å². The predicted octanol–water partition coefficient (Wildman–Crippen LogP) is 5.42. The number of ketones is 1. The van der Waals surface area contributed by atoms with Crippen molar-refractivity contribution in [3.63, 3.8) is 0 Å². The highest BCUT2D eigenvalue weighted by molar-refractivity contribution is 9.10. The smallest absolute Gasteiger partial charge is 0.231 e. The Morgan fingerprint density at radius 3 is 2.76 bits per heavy atom. The molecule has 3 aromatic carbocycles. The largest absolute Gasteiger partial charge is 0.478 e. The number of carbonyl (C=O) groups is 1. The lowest BCUT2D eigenvalue weighted by Crippen LogP contribution is -2.31. The van der Waals surface area contributed by atoms with Gasteiger partial charge in [-0.2, -0.15) is 0 Å². The molecule has 0 atom stereocenters. The highest BCUT2D eigenvalue weighted by Crippen LogP contribution is 2.43. The van der Waals surface area contributed by atoms with Crippen LogP contribution in [0.25, 0.3) is 6.08 Å². The second kappa shape index (κ2) is 8.54. The molecule has 172 valence electrons. The van der Waals surface area contributed by atoms with Crippen molar-refractivity contribution in [2.24, 2.45) is 0 Å². The van der Waals surface area contributed by atoms with Crippen LogP contribution >= 0.6 is 15.9 Å². The van der Waals surface area contributed by atoms with Gasteiger partial charge in [0.1, 0.15) is 29.8 Å². The minimum atomic E-state index is -0.266. The van der Waals surface area contributed by atoms with Crippen molar-refractivity contribution in [1.82, 2.24) is 4.90 Å². The van der Waals surface area contributed by atoms with Crippen molar-refractivity contribution in [2.45, 2.75) is 19.7 Å². The van der Waals surface area contributed by atoms with E-state index in [1.54, 1.807) is 24.3 Å². The maximum Gasteiger partial charge on any atom is 0.231 e. The van der Waals surface area contributed by atoms with E-state index < -0.39 is 0 Å². The molecule has 0 saturated carbocycles. The number of hydrogen-bond donors (Lipinski definition) is 0. The number of halogens is 2. The SMILES string of the molecule is O=C1/C(=C/c2cc(Br)cc3c2OCOC3)Oc2c1ccc1c2CN(Cc2ccc(F)cc2)CO1. The van der Waals surface area contributed by atoms with Crippen molar-refractivity contribution in [1.29, 1.82) is 0 Å². The van der Waals surface area contributed by atoms with Crippen LogP contribution in [0.3, 0.4) is 0 Å². The Balaban J connectivity index is 1.30. The molecule has 0 spiro atoms. The summed E-state index contributed by atoms with van der Waals surface area (Å²) in [6.07, 6.45) is 1.71. The number of hydrogen-bond acceptors (Lipinski definition) is 6. The average Bonchev–Trinajstić information content (AvgIpc) is 3.16. The Hall–Kier alpha value is -3.20. The maximum atomic E-state index is 13.2. The number of nitrogens with zero attached hydrogens (tertiary/aromatic N) is 1. The number of allylic oxidation sites excluding steroid dienone is 1. The van der Waals surface area contributed by atoms with Crippen LogP contribution in [0.2, 0.25) is 0 Å². The van der Waals surface area contributed by atoms with Crippen molar-refractivity contribution < 1.29 is 28.1 Å². The third-order valence-corrected chi connectivity index (χ3v) is 6.45. The molecular weight excluding hydrogens is 505 g/mol. The van der Waals surface area contributed by atoms with Gasteiger partial charge in [0.15, 0.2) is 12.6 Å². The minimum absolute atomic E-state index is 0.161. The van der Waals surface area contributed by atoms with Crippen molar-refractivity contribution in [3.8, 4) is 17.2 Å². The van der Waals surface area contributed by atoms with Gasteiger partial charge in [-0.1, -0.05) is 28.1 Å². The summed E-state index contributed by atoms with van der Waals surface area (Å²) >= 11 is 3.51. The molecule has 0 saturated heterocycles. The van der Waals surface area contributed by atoms with Crippen molar-refractivity contribution >= 4 is 27.8 Å². The van der Waals surface area contributed by atoms with Crippen LogP contribution in [0.4, 0.5) is 4.39 Å². The Labute approximate surface area is 203 Å². The molecule has 6 nitrogen and oxygen atoms in total. The summed E-state index contributed by atoms with van der Waals surface area (Å²) in [5.74, 6) is 1.68. The normalized spacial score (nSPS) is 17.9. The zero-order valence-electron chi connectivity index (χ0n) is 18.0. The summed E-state index contributed by atoms with van der Waals surface area (Å²) in [6, 6.07) is 13.8. The maximum absolute atomic E-state index is 13.2. The molecule has 0 aliphatic carbocycles. The van der Waals surface area contributed by atoms with Gasteiger partial charge in [0.2, 0.25) is 5.78 Å². The number of fused-ring (bicyclic) bond motifs is 4. The van der Waals surface area contributed by atoms with Crippen LogP contribution in [0.15, 0.2) is 58.8 Å². The van der Waals surface area contributed by atoms with E-state index in [2.05, 4.69) is 20.8 Å². The predicted molar refractivity (Wildman–Crippen MR) is 125 cm³/mol. The number of benzene rings is 3. The van der Waals surface area contributed by atoms with E-state index in [4.69, 9.17) is 18.9 Å². The highest BCUT2D eigenvalue weighted by Gasteiger charge is 2.34. The van der Waals surface area contributed by atoms with Crippen molar-refractivity contribution in [2.75, 3.05) is 13.5 Å². The summed E-state index contributed by atoms with van der Waals surface area (Å²) in [5, 5.41) is 0. The van der Waals surface area contributed by atoms with Gasteiger partial charge in [0.25, 0.3) is 0 Å². The van der Waals surface area contributed by atoms with Gasteiger partial charge < -0.3 is 18.9 Å². The number of rotatable bonds is 3. The summed E-state index contributed by atoms with van der Waals surface area (Å²) < 4.78 is 37.2. The molecule has 0 fully saturated rings. The molecule has 0 N–H and O–H groups in total. The average molecular weight is 524 g/mol. The van der Waals surface area contributed by atoms with Gasteiger partial charge >= 0.3 is 0 Å². The first kappa shape index (κ1) is 21.3. The van der Waals surface area contributed by atoms with Crippen LogP contribution in [0.1, 0.15) is 32.6 Å². The monoisotopic (exact) mass is 523 g/mol. The second-order valence-electron chi connectivity index (χ2n) is 8.34. The quantitative estimate of drug-likeness (QED) is 0.427. The first-order valence-corrected chi connectivity index (χ1v) is 11.6. The van der Waals surface area contributed by atoms with E-state index in [9.17, 15) is 9.18 Å². The standard InChI is InChI=1S/C26H19BrFNO5/c27-18-7-16(25-17(8-18)12-31-14-33-25)9-23-24(30)20-5-6-22-21(26(20)34-23)11-29(13-32-22)10-15-1-3-19(28)4-2-15/h1-9H,10-14H2/b23-9-. The molecular formula is C26H19BrFNO5. The summed E-state index contributed by atoms with van der Waals surface area (Å²) in [7, 11) is 0. The first-order chi connectivity index (χ1) is 16.5. The lowest BCUT2D eigenvalue weighted by molar-refractivity contribution is -0.0165. The highest BCUT2D eigenvalue weighted by atomic mass is 79.9. The zero-order chi connectivity index (χ0) is 23.2. The van der Waals surface area contributed by atoms with Crippen LogP contribution in [0, 0.1) is 5.82 Å². The molecule has 0 radical (unpaired) electrons. The fourth-order valence-electron chi connectivity index (χ4n) is 4.41.